The summed E-state index contributed by atoms with van der Waals surface area (Å²) >= 11 is 0. The average molecular weight is 300 g/mol. The molecule has 0 spiro atoms. The molecular weight excluding hydrogens is 288 g/mol. The van der Waals surface area contributed by atoms with Crippen molar-refractivity contribution in [2.75, 3.05) is 5.75 Å². The molecule has 0 amide bonds. The van der Waals surface area contributed by atoms with E-state index in [0.29, 0.717) is 23.2 Å². The minimum atomic E-state index is -1.32. The topological polar surface area (TPSA) is 86.4 Å². The van der Waals surface area contributed by atoms with Gasteiger partial charge in [-0.3, -0.25) is 4.21 Å². The van der Waals surface area contributed by atoms with E-state index in [9.17, 15) is 4.21 Å². The van der Waals surface area contributed by atoms with E-state index in [2.05, 4.69) is 25.5 Å². The van der Waals surface area contributed by atoms with Crippen LogP contribution in [0.25, 0.3) is 5.69 Å². The molecule has 2 aromatic heterocycles. The zero-order valence-corrected chi connectivity index (χ0v) is 11.8. The monoisotopic (exact) mass is 300 g/mol. The molecule has 0 aliphatic heterocycles. The van der Waals surface area contributed by atoms with Gasteiger partial charge in [0.1, 0.15) is 5.82 Å². The third kappa shape index (κ3) is 3.16. The standard InChI is InChI=1S/C13H12N6OS/c20-21(10-7-12-14-8-4-9-15-12)13-16-17-18-19(13)11-5-2-1-3-6-11/h1-6,8-9H,7,10H2. The predicted molar refractivity (Wildman–Crippen MR) is 76.2 cm³/mol. The summed E-state index contributed by atoms with van der Waals surface area (Å²) < 4.78 is 13.9. The summed E-state index contributed by atoms with van der Waals surface area (Å²) in [5.41, 5.74) is 0.779. The number of hydrogen-bond acceptors (Lipinski definition) is 6. The minimum Gasteiger partial charge on any atom is -0.251 e. The molecule has 3 rings (SSSR count). The van der Waals surface area contributed by atoms with Gasteiger partial charge in [0.05, 0.1) is 16.5 Å². The van der Waals surface area contributed by atoms with Crippen LogP contribution in [0.4, 0.5) is 0 Å². The van der Waals surface area contributed by atoms with E-state index in [0.717, 1.165) is 5.69 Å². The molecule has 106 valence electrons. The lowest BCUT2D eigenvalue weighted by Gasteiger charge is -2.03. The first kappa shape index (κ1) is 13.5. The third-order valence-electron chi connectivity index (χ3n) is 2.78. The quantitative estimate of drug-likeness (QED) is 0.693. The summed E-state index contributed by atoms with van der Waals surface area (Å²) in [4.78, 5) is 8.22. The molecule has 2 heterocycles. The van der Waals surface area contributed by atoms with Crippen LogP contribution in [0, 0.1) is 0 Å². The van der Waals surface area contributed by atoms with E-state index in [4.69, 9.17) is 0 Å². The fourth-order valence-electron chi connectivity index (χ4n) is 1.79. The predicted octanol–water partition coefficient (Wildman–Crippen LogP) is 0.803. The molecule has 0 N–H and O–H groups in total. The second kappa shape index (κ2) is 6.31. The highest BCUT2D eigenvalue weighted by molar-refractivity contribution is 7.84. The highest BCUT2D eigenvalue weighted by Gasteiger charge is 2.15. The van der Waals surface area contributed by atoms with Crippen molar-refractivity contribution in [1.82, 2.24) is 30.2 Å². The Morgan fingerprint density at radius 2 is 1.81 bits per heavy atom. The Morgan fingerprint density at radius 3 is 2.57 bits per heavy atom. The van der Waals surface area contributed by atoms with Gasteiger partial charge >= 0.3 is 0 Å². The van der Waals surface area contributed by atoms with Gasteiger partial charge in [0.25, 0.3) is 0 Å². The molecule has 1 atom stereocenters. The molecule has 21 heavy (non-hydrogen) atoms. The van der Waals surface area contributed by atoms with Crippen LogP contribution in [0.1, 0.15) is 5.82 Å². The number of rotatable bonds is 5. The Balaban J connectivity index is 1.76. The second-order valence-corrected chi connectivity index (χ2v) is 5.64. The molecule has 3 aromatic rings. The molecule has 0 saturated carbocycles. The Hall–Kier alpha value is -2.48. The number of nitrogens with zero attached hydrogens (tertiary/aromatic N) is 6. The SMILES string of the molecule is O=S(CCc1ncccn1)c1nnnn1-c1ccccc1. The van der Waals surface area contributed by atoms with E-state index in [-0.39, 0.29) is 0 Å². The zero-order valence-electron chi connectivity index (χ0n) is 11.0. The van der Waals surface area contributed by atoms with Crippen LogP contribution in [0.15, 0.2) is 53.9 Å². The smallest absolute Gasteiger partial charge is 0.244 e. The molecule has 0 aliphatic rings. The molecule has 0 bridgehead atoms. The Bertz CT molecular complexity index is 731. The maximum absolute atomic E-state index is 12.4. The number of para-hydroxylation sites is 1. The highest BCUT2D eigenvalue weighted by atomic mass is 32.2. The summed E-state index contributed by atoms with van der Waals surface area (Å²) in [6.45, 7) is 0. The molecule has 0 fully saturated rings. The van der Waals surface area contributed by atoms with Crippen LogP contribution in [0.5, 0.6) is 0 Å². The van der Waals surface area contributed by atoms with Crippen LogP contribution in [-0.2, 0) is 17.2 Å². The van der Waals surface area contributed by atoms with Crippen LogP contribution in [0.2, 0.25) is 0 Å². The number of aromatic nitrogens is 6. The highest BCUT2D eigenvalue weighted by Crippen LogP contribution is 2.10. The van der Waals surface area contributed by atoms with Crippen molar-refractivity contribution in [3.8, 4) is 5.69 Å². The van der Waals surface area contributed by atoms with Crippen molar-refractivity contribution < 1.29 is 4.21 Å². The maximum atomic E-state index is 12.4. The van der Waals surface area contributed by atoms with Gasteiger partial charge in [-0.15, -0.1) is 0 Å². The molecule has 0 saturated heterocycles. The van der Waals surface area contributed by atoms with Crippen LogP contribution in [0.3, 0.4) is 0 Å². The Kier molecular flexibility index (Phi) is 4.06. The van der Waals surface area contributed by atoms with Gasteiger partial charge < -0.3 is 0 Å². The van der Waals surface area contributed by atoms with E-state index in [1.807, 2.05) is 30.3 Å². The number of aryl methyl sites for hydroxylation is 1. The molecule has 0 aliphatic carbocycles. The van der Waals surface area contributed by atoms with E-state index in [1.165, 1.54) is 4.68 Å². The third-order valence-corrected chi connectivity index (χ3v) is 4.01. The second-order valence-electron chi connectivity index (χ2n) is 4.17. The first-order chi connectivity index (χ1) is 10.3. The van der Waals surface area contributed by atoms with Crippen molar-refractivity contribution >= 4 is 10.8 Å². The molecule has 0 radical (unpaired) electrons. The van der Waals surface area contributed by atoms with Gasteiger partial charge in [0.15, 0.2) is 0 Å². The summed E-state index contributed by atoms with van der Waals surface area (Å²) in [7, 11) is -1.32. The van der Waals surface area contributed by atoms with Crippen molar-refractivity contribution in [2.45, 2.75) is 11.6 Å². The van der Waals surface area contributed by atoms with E-state index >= 15 is 0 Å². The summed E-state index contributed by atoms with van der Waals surface area (Å²) in [6, 6.07) is 11.1. The van der Waals surface area contributed by atoms with Crippen LogP contribution < -0.4 is 0 Å². The first-order valence-electron chi connectivity index (χ1n) is 6.32. The van der Waals surface area contributed by atoms with Gasteiger partial charge in [0.2, 0.25) is 5.16 Å². The average Bonchev–Trinajstić information content (AvgIpc) is 3.04. The molecule has 1 aromatic carbocycles. The van der Waals surface area contributed by atoms with Gasteiger partial charge in [0, 0.05) is 24.6 Å². The number of tetrazole rings is 1. The van der Waals surface area contributed by atoms with Crippen molar-refractivity contribution in [3.05, 3.63) is 54.6 Å². The summed E-state index contributed by atoms with van der Waals surface area (Å²) in [5, 5.41) is 11.7. The minimum absolute atomic E-state index is 0.331. The van der Waals surface area contributed by atoms with Gasteiger partial charge in [-0.25, -0.2) is 9.97 Å². The van der Waals surface area contributed by atoms with E-state index in [1.54, 1.807) is 18.5 Å². The van der Waals surface area contributed by atoms with Crippen molar-refractivity contribution in [2.24, 2.45) is 0 Å². The van der Waals surface area contributed by atoms with Gasteiger partial charge in [-0.2, -0.15) is 4.68 Å². The van der Waals surface area contributed by atoms with Crippen molar-refractivity contribution in [3.63, 3.8) is 0 Å². The van der Waals surface area contributed by atoms with Crippen LogP contribution in [-0.4, -0.2) is 40.1 Å². The fourth-order valence-corrected chi connectivity index (χ4v) is 2.80. The molecule has 8 heteroatoms. The van der Waals surface area contributed by atoms with Gasteiger partial charge in [-0.05, 0) is 28.6 Å². The normalized spacial score (nSPS) is 12.2. The lowest BCUT2D eigenvalue weighted by Crippen LogP contribution is -2.10. The zero-order chi connectivity index (χ0) is 14.5. The maximum Gasteiger partial charge on any atom is 0.244 e. The lowest BCUT2D eigenvalue weighted by atomic mass is 10.3. The largest absolute Gasteiger partial charge is 0.251 e. The molecule has 1 unspecified atom stereocenters. The van der Waals surface area contributed by atoms with Crippen LogP contribution >= 0.6 is 0 Å². The lowest BCUT2D eigenvalue weighted by molar-refractivity contribution is 0.664. The Labute approximate surface area is 123 Å². The van der Waals surface area contributed by atoms with Gasteiger partial charge in [-0.1, -0.05) is 23.3 Å². The number of benzene rings is 1. The molecular formula is C13H12N6OS. The first-order valence-corrected chi connectivity index (χ1v) is 7.64. The summed E-state index contributed by atoms with van der Waals surface area (Å²) in [6.07, 6.45) is 3.84. The Morgan fingerprint density at radius 1 is 1.05 bits per heavy atom. The summed E-state index contributed by atoms with van der Waals surface area (Å²) in [5.74, 6) is 1.03. The van der Waals surface area contributed by atoms with Crippen molar-refractivity contribution in [1.29, 1.82) is 0 Å². The number of hydrogen-bond donors (Lipinski definition) is 0. The fraction of sp³-hybridized carbons (Fsp3) is 0.154. The van der Waals surface area contributed by atoms with E-state index < -0.39 is 10.8 Å². The molecule has 7 nitrogen and oxygen atoms in total.